The van der Waals surface area contributed by atoms with E-state index in [1.807, 2.05) is 91.0 Å². The average Bonchev–Trinajstić information content (AvgIpc) is 1.60. The zero-order chi connectivity index (χ0) is 98.4. The molecule has 9 nitrogen and oxygen atoms in total. The number of benzene rings is 23. The lowest BCUT2D eigenvalue weighted by Crippen LogP contribution is -1.96. The second-order valence-corrected chi connectivity index (χ2v) is 38.0. The van der Waals surface area contributed by atoms with Gasteiger partial charge in [0.15, 0.2) is 11.6 Å². The van der Waals surface area contributed by atoms with Gasteiger partial charge < -0.3 is 13.3 Å². The second-order valence-electron chi connectivity index (χ2n) is 38.0. The summed E-state index contributed by atoms with van der Waals surface area (Å²) in [5, 5.41) is 23.0. The van der Waals surface area contributed by atoms with Crippen LogP contribution in [-0.2, 0) is 0 Å². The third-order valence-electron chi connectivity index (χ3n) is 29.2. The molecule has 0 saturated carbocycles. The maximum absolute atomic E-state index is 6.73. The molecular formula is C140H86N6O3. The van der Waals surface area contributed by atoms with E-state index in [0.717, 1.165) is 205 Å². The lowest BCUT2D eigenvalue weighted by molar-refractivity contribution is 0.672. The molecule has 0 aliphatic carbocycles. The first-order valence-corrected chi connectivity index (χ1v) is 50.4. The van der Waals surface area contributed by atoms with Gasteiger partial charge in [-0.25, -0.2) is 29.9 Å². The third-order valence-corrected chi connectivity index (χ3v) is 29.2. The number of rotatable bonds is 13. The SMILES string of the molecule is c1ccc(-c2cc(-c3ccc(-c4cccc5oc6c7ccccc7c(-c7cccc8ccccc78)cc6c45)cc3)nc(-c3ccccc3)n2)cc1.c1ccc(-c2cc(-c3cccc(-c4cccc5oc6c7ccccc7c(-c7cccc8ccccc78)cc6c45)c3)nc(-c3ccccc3)n2)cc1.c1ccc(-c2ccc3ccc4ccc(-c5cccc6oc7c8ccccc8c(-c8cccc9ccccc89)cc7c56)nc4c3n2)cc1. The van der Waals surface area contributed by atoms with Crippen LogP contribution in [0.2, 0.25) is 0 Å². The van der Waals surface area contributed by atoms with Crippen LogP contribution < -0.4 is 0 Å². The minimum atomic E-state index is 0.702. The topological polar surface area (TPSA) is 117 Å². The van der Waals surface area contributed by atoms with Crippen molar-refractivity contribution in [3.05, 3.63) is 522 Å². The van der Waals surface area contributed by atoms with Gasteiger partial charge in [-0.1, -0.05) is 455 Å². The fraction of sp³-hybridized carbons (Fsp3) is 0. The molecule has 0 aliphatic heterocycles. The summed E-state index contributed by atoms with van der Waals surface area (Å²) in [5.74, 6) is 1.41. The predicted molar refractivity (Wildman–Crippen MR) is 619 cm³/mol. The molecule has 7 aromatic heterocycles. The summed E-state index contributed by atoms with van der Waals surface area (Å²) in [5.41, 5.74) is 32.5. The van der Waals surface area contributed by atoms with E-state index < -0.39 is 0 Å². The largest absolute Gasteiger partial charge is 0.455 e. The molecule has 9 heteroatoms. The van der Waals surface area contributed by atoms with Crippen LogP contribution in [-0.4, -0.2) is 29.9 Å². The van der Waals surface area contributed by atoms with Gasteiger partial charge in [0.1, 0.15) is 33.5 Å². The van der Waals surface area contributed by atoms with E-state index in [4.69, 9.17) is 43.2 Å². The molecule has 0 spiro atoms. The lowest BCUT2D eigenvalue weighted by atomic mass is 9.91. The smallest absolute Gasteiger partial charge is 0.160 e. The van der Waals surface area contributed by atoms with E-state index >= 15 is 0 Å². The minimum Gasteiger partial charge on any atom is -0.455 e. The Hall–Kier alpha value is -20.0. The normalized spacial score (nSPS) is 11.6. The molecule has 0 unspecified atom stereocenters. The van der Waals surface area contributed by atoms with Crippen molar-refractivity contribution in [1.29, 1.82) is 0 Å². The molecule has 23 aromatic carbocycles. The van der Waals surface area contributed by atoms with Gasteiger partial charge in [-0.2, -0.15) is 0 Å². The van der Waals surface area contributed by atoms with Gasteiger partial charge in [-0.3, -0.25) is 0 Å². The summed E-state index contributed by atoms with van der Waals surface area (Å²) in [7, 11) is 0. The maximum Gasteiger partial charge on any atom is 0.160 e. The Morgan fingerprint density at radius 2 is 0.396 bits per heavy atom. The fourth-order valence-electron chi connectivity index (χ4n) is 22.2. The number of nitrogens with zero attached hydrogens (tertiary/aromatic N) is 6. The number of hydrogen-bond donors (Lipinski definition) is 0. The summed E-state index contributed by atoms with van der Waals surface area (Å²) in [6.07, 6.45) is 0. The monoisotopic (exact) mass is 1900 g/mol. The van der Waals surface area contributed by atoms with E-state index in [1.165, 1.54) is 81.9 Å². The van der Waals surface area contributed by atoms with E-state index in [9.17, 15) is 0 Å². The Bertz CT molecular complexity index is 10400. The van der Waals surface area contributed by atoms with Crippen LogP contribution in [0.15, 0.2) is 535 Å². The van der Waals surface area contributed by atoms with Crippen LogP contribution in [0.4, 0.5) is 0 Å². The average molecular weight is 1900 g/mol. The molecule has 0 bridgehead atoms. The Morgan fingerprint density at radius 1 is 0.128 bits per heavy atom. The zero-order valence-electron chi connectivity index (χ0n) is 80.6. The highest BCUT2D eigenvalue weighted by Gasteiger charge is 2.26. The van der Waals surface area contributed by atoms with Crippen molar-refractivity contribution in [2.24, 2.45) is 0 Å². The van der Waals surface area contributed by atoms with Crippen LogP contribution in [0.3, 0.4) is 0 Å². The summed E-state index contributed by atoms with van der Waals surface area (Å²) >= 11 is 0. The van der Waals surface area contributed by atoms with Gasteiger partial charge in [-0.05, 0) is 171 Å². The van der Waals surface area contributed by atoms with E-state index in [1.54, 1.807) is 0 Å². The van der Waals surface area contributed by atoms with Crippen LogP contribution in [0.25, 0.3) is 298 Å². The molecule has 694 valence electrons. The highest BCUT2D eigenvalue weighted by Crippen LogP contribution is 2.51. The van der Waals surface area contributed by atoms with E-state index in [0.29, 0.717) is 11.6 Å². The Kier molecular flexibility index (Phi) is 21.4. The Balaban J connectivity index is 0.000000108. The standard InChI is InChI=1S/2C48H30N2O.C44H26N2O/c1-3-15-32(16-4-1)43-30-44(50-48(49-43)33-17-5-2-6-18-33)35-21-11-20-34(28-35)37-25-13-27-45-46(37)42-29-41(39-23-9-10-24-40(39)47(42)51-45)38-26-12-19-31-14-7-8-22-36(31)38;1-3-14-33(15-4-1)43-30-44(50-48(49-43)35-16-5-2-6-17-35)34-27-25-32(26-28-34)37-22-12-24-45-46(37)42-29-41(39-20-9-10-21-40(39)47(42)51-45)38-23-11-18-31-13-7-8-19-36(31)38;1-2-11-28(12-3-1)38-24-22-29-20-21-30-23-25-39(46-43(30)42(29)45-38)35-18-9-19-40-41(35)37-26-36(33-15-6-7-16-34(33)44(37)47-40)32-17-8-13-27-10-4-5-14-31(27)32/h2*1-30H;1-26H. The predicted octanol–water partition coefficient (Wildman–Crippen LogP) is 38.0. The van der Waals surface area contributed by atoms with Crippen LogP contribution >= 0.6 is 0 Å². The molecule has 149 heavy (non-hydrogen) atoms. The first-order valence-electron chi connectivity index (χ1n) is 50.4. The molecule has 0 aliphatic rings. The molecule has 0 fully saturated rings. The molecule has 0 saturated heterocycles. The lowest BCUT2D eigenvalue weighted by Gasteiger charge is -2.12. The molecule has 30 rings (SSSR count). The van der Waals surface area contributed by atoms with Crippen molar-refractivity contribution >= 4 is 152 Å². The first-order chi connectivity index (χ1) is 73.9. The van der Waals surface area contributed by atoms with Gasteiger partial charge in [0.05, 0.1) is 45.2 Å². The zero-order valence-corrected chi connectivity index (χ0v) is 80.6. The van der Waals surface area contributed by atoms with Crippen LogP contribution in [0, 0.1) is 0 Å². The Morgan fingerprint density at radius 3 is 0.805 bits per heavy atom. The fourth-order valence-corrected chi connectivity index (χ4v) is 22.2. The Labute approximate surface area is 857 Å². The quantitative estimate of drug-likeness (QED) is 0.104. The summed E-state index contributed by atoms with van der Waals surface area (Å²) in [4.78, 5) is 30.6. The summed E-state index contributed by atoms with van der Waals surface area (Å²) in [6.45, 7) is 0. The van der Waals surface area contributed by atoms with Gasteiger partial charge in [0, 0.05) is 104 Å². The van der Waals surface area contributed by atoms with Crippen molar-refractivity contribution in [3.63, 3.8) is 0 Å². The first kappa shape index (κ1) is 86.8. The number of pyridine rings is 2. The van der Waals surface area contributed by atoms with Crippen molar-refractivity contribution < 1.29 is 13.3 Å². The molecule has 30 aromatic rings. The maximum atomic E-state index is 6.73. The van der Waals surface area contributed by atoms with Gasteiger partial charge >= 0.3 is 0 Å². The third kappa shape index (κ3) is 15.6. The molecule has 0 atom stereocenters. The summed E-state index contributed by atoms with van der Waals surface area (Å²) < 4.78 is 20.1. The molecular weight excluding hydrogens is 1810 g/mol. The van der Waals surface area contributed by atoms with E-state index in [-0.39, 0.29) is 0 Å². The van der Waals surface area contributed by atoms with Crippen molar-refractivity contribution in [1.82, 2.24) is 29.9 Å². The van der Waals surface area contributed by atoms with Gasteiger partial charge in [0.2, 0.25) is 0 Å². The van der Waals surface area contributed by atoms with E-state index in [2.05, 4.69) is 431 Å². The van der Waals surface area contributed by atoms with Crippen LogP contribution in [0.5, 0.6) is 0 Å². The number of aromatic nitrogens is 6. The summed E-state index contributed by atoms with van der Waals surface area (Å²) in [6, 6.07) is 183. The molecule has 7 heterocycles. The molecule has 0 radical (unpaired) electrons. The highest BCUT2D eigenvalue weighted by molar-refractivity contribution is 6.27. The van der Waals surface area contributed by atoms with Crippen LogP contribution in [0.1, 0.15) is 0 Å². The molecule has 0 amide bonds. The highest BCUT2D eigenvalue weighted by atomic mass is 16.3. The van der Waals surface area contributed by atoms with Crippen molar-refractivity contribution in [2.45, 2.75) is 0 Å². The van der Waals surface area contributed by atoms with Gasteiger partial charge in [0.25, 0.3) is 0 Å². The van der Waals surface area contributed by atoms with Crippen molar-refractivity contribution in [3.8, 4) is 146 Å². The number of furan rings is 3. The minimum absolute atomic E-state index is 0.702. The van der Waals surface area contributed by atoms with Crippen molar-refractivity contribution in [2.75, 3.05) is 0 Å². The van der Waals surface area contributed by atoms with Gasteiger partial charge in [-0.15, -0.1) is 0 Å². The number of fused-ring (bicyclic) bond motifs is 21. The number of hydrogen-bond acceptors (Lipinski definition) is 9. The second kappa shape index (κ2) is 36.8. The molecule has 0 N–H and O–H groups in total.